The molecular formula is C20H21N3O3S. The first-order valence-electron chi connectivity index (χ1n) is 8.64. The topological polar surface area (TPSA) is 73.3 Å². The summed E-state index contributed by atoms with van der Waals surface area (Å²) in [4.78, 5) is 12.9. The highest BCUT2D eigenvalue weighted by Gasteiger charge is 2.15. The summed E-state index contributed by atoms with van der Waals surface area (Å²) >= 11 is 1.11. The molecular weight excluding hydrogens is 362 g/mol. The molecule has 0 aliphatic rings. The normalized spacial score (nSPS) is 10.4. The minimum absolute atomic E-state index is 0.162. The molecule has 0 saturated carbocycles. The monoisotopic (exact) mass is 383 g/mol. The summed E-state index contributed by atoms with van der Waals surface area (Å²) < 4.78 is 15.1. The molecule has 0 aliphatic carbocycles. The lowest BCUT2D eigenvalue weighted by Gasteiger charge is -2.13. The predicted molar refractivity (Wildman–Crippen MR) is 104 cm³/mol. The summed E-state index contributed by atoms with van der Waals surface area (Å²) in [6.45, 7) is 2.80. The van der Waals surface area contributed by atoms with Gasteiger partial charge in [-0.3, -0.25) is 4.79 Å². The predicted octanol–water partition coefficient (Wildman–Crippen LogP) is 3.62. The molecule has 7 heteroatoms. The highest BCUT2D eigenvalue weighted by Crippen LogP contribution is 2.29. The van der Waals surface area contributed by atoms with Crippen molar-refractivity contribution in [2.75, 3.05) is 7.11 Å². The Labute approximate surface area is 162 Å². The van der Waals surface area contributed by atoms with Crippen molar-refractivity contribution in [3.05, 3.63) is 70.2 Å². The number of hydrogen-bond donors (Lipinski definition) is 1. The average molecular weight is 383 g/mol. The van der Waals surface area contributed by atoms with Crippen molar-refractivity contribution in [2.45, 2.75) is 26.5 Å². The molecule has 0 bridgehead atoms. The molecule has 0 saturated heterocycles. The fourth-order valence-electron chi connectivity index (χ4n) is 2.55. The van der Waals surface area contributed by atoms with Gasteiger partial charge in [-0.15, -0.1) is 5.10 Å². The van der Waals surface area contributed by atoms with Crippen molar-refractivity contribution in [1.82, 2.24) is 14.9 Å². The minimum Gasteiger partial charge on any atom is -0.493 e. The van der Waals surface area contributed by atoms with E-state index in [0.29, 0.717) is 35.9 Å². The molecule has 6 nitrogen and oxygen atoms in total. The van der Waals surface area contributed by atoms with E-state index >= 15 is 0 Å². The van der Waals surface area contributed by atoms with Gasteiger partial charge in [0.15, 0.2) is 11.5 Å². The van der Waals surface area contributed by atoms with Crippen LogP contribution in [-0.2, 0) is 19.6 Å². The van der Waals surface area contributed by atoms with Crippen LogP contribution in [0.15, 0.2) is 48.5 Å². The second-order valence-corrected chi connectivity index (χ2v) is 6.60. The fraction of sp³-hybridized carbons (Fsp3) is 0.250. The maximum atomic E-state index is 12.3. The van der Waals surface area contributed by atoms with E-state index in [0.717, 1.165) is 28.4 Å². The standard InChI is InChI=1S/C20H21N3O3S/c1-3-16-19(27-23-22-16)20(24)21-12-15-9-10-17(18(11-15)25-2)26-13-14-7-5-4-6-8-14/h4-11H,3,12-13H2,1-2H3,(H,21,24). The lowest BCUT2D eigenvalue weighted by molar-refractivity contribution is 0.0954. The van der Waals surface area contributed by atoms with E-state index in [1.54, 1.807) is 7.11 Å². The minimum atomic E-state index is -0.162. The number of methoxy groups -OCH3 is 1. The number of ether oxygens (including phenoxy) is 2. The van der Waals surface area contributed by atoms with Crippen LogP contribution in [-0.4, -0.2) is 22.6 Å². The van der Waals surface area contributed by atoms with Crippen LogP contribution in [0.5, 0.6) is 11.5 Å². The summed E-state index contributed by atoms with van der Waals surface area (Å²) in [5.41, 5.74) is 2.73. The van der Waals surface area contributed by atoms with E-state index in [4.69, 9.17) is 9.47 Å². The average Bonchev–Trinajstić information content (AvgIpc) is 3.20. The fourth-order valence-corrected chi connectivity index (χ4v) is 3.22. The second-order valence-electron chi connectivity index (χ2n) is 5.84. The molecule has 1 aromatic heterocycles. The van der Waals surface area contributed by atoms with Crippen LogP contribution in [0.2, 0.25) is 0 Å². The molecule has 3 aromatic rings. The first kappa shape index (κ1) is 18.8. The molecule has 3 rings (SSSR count). The number of aromatic nitrogens is 2. The zero-order chi connectivity index (χ0) is 19.1. The number of carbonyl (C=O) groups excluding carboxylic acids is 1. The summed E-state index contributed by atoms with van der Waals surface area (Å²) in [5.74, 6) is 1.13. The van der Waals surface area contributed by atoms with Crippen LogP contribution < -0.4 is 14.8 Å². The van der Waals surface area contributed by atoms with Gasteiger partial charge in [-0.2, -0.15) is 0 Å². The smallest absolute Gasteiger partial charge is 0.265 e. The number of rotatable bonds is 8. The highest BCUT2D eigenvalue weighted by molar-refractivity contribution is 7.08. The Hall–Kier alpha value is -2.93. The van der Waals surface area contributed by atoms with Gasteiger partial charge < -0.3 is 14.8 Å². The number of benzene rings is 2. The molecule has 0 radical (unpaired) electrons. The second kappa shape index (κ2) is 9.14. The van der Waals surface area contributed by atoms with Crippen molar-refractivity contribution in [1.29, 1.82) is 0 Å². The van der Waals surface area contributed by atoms with Gasteiger partial charge in [-0.05, 0) is 41.2 Å². The number of nitrogens with zero attached hydrogens (tertiary/aromatic N) is 2. The molecule has 0 atom stereocenters. The van der Waals surface area contributed by atoms with E-state index < -0.39 is 0 Å². The maximum Gasteiger partial charge on any atom is 0.265 e. The molecule has 140 valence electrons. The number of hydrogen-bond acceptors (Lipinski definition) is 6. The Balaban J connectivity index is 1.62. The zero-order valence-electron chi connectivity index (χ0n) is 15.3. The van der Waals surface area contributed by atoms with Crippen LogP contribution in [0.3, 0.4) is 0 Å². The van der Waals surface area contributed by atoms with Gasteiger partial charge in [-0.1, -0.05) is 47.8 Å². The summed E-state index contributed by atoms with van der Waals surface area (Å²) in [7, 11) is 1.60. The molecule has 0 fully saturated rings. The quantitative estimate of drug-likeness (QED) is 0.643. The van der Waals surface area contributed by atoms with Crippen molar-refractivity contribution < 1.29 is 14.3 Å². The first-order valence-corrected chi connectivity index (χ1v) is 9.41. The summed E-state index contributed by atoms with van der Waals surface area (Å²) in [5, 5.41) is 6.87. The van der Waals surface area contributed by atoms with Crippen molar-refractivity contribution in [2.24, 2.45) is 0 Å². The van der Waals surface area contributed by atoms with Crippen molar-refractivity contribution in [3.8, 4) is 11.5 Å². The summed E-state index contributed by atoms with van der Waals surface area (Å²) in [6, 6.07) is 15.6. The third-order valence-corrected chi connectivity index (χ3v) is 4.78. The van der Waals surface area contributed by atoms with Crippen LogP contribution in [0.4, 0.5) is 0 Å². The maximum absolute atomic E-state index is 12.3. The number of nitrogens with one attached hydrogen (secondary N) is 1. The molecule has 1 amide bonds. The highest BCUT2D eigenvalue weighted by atomic mass is 32.1. The van der Waals surface area contributed by atoms with Gasteiger partial charge in [0.05, 0.1) is 12.8 Å². The molecule has 27 heavy (non-hydrogen) atoms. The van der Waals surface area contributed by atoms with Crippen LogP contribution in [0, 0.1) is 0 Å². The van der Waals surface area contributed by atoms with Crippen LogP contribution in [0.25, 0.3) is 0 Å². The van der Waals surface area contributed by atoms with Gasteiger partial charge >= 0.3 is 0 Å². The van der Waals surface area contributed by atoms with E-state index in [-0.39, 0.29) is 5.91 Å². The Kier molecular flexibility index (Phi) is 6.38. The van der Waals surface area contributed by atoms with Gasteiger partial charge in [0.2, 0.25) is 0 Å². The Morgan fingerprint density at radius 2 is 1.93 bits per heavy atom. The van der Waals surface area contributed by atoms with E-state index in [9.17, 15) is 4.79 Å². The molecule has 0 spiro atoms. The zero-order valence-corrected chi connectivity index (χ0v) is 16.1. The Morgan fingerprint density at radius 3 is 2.67 bits per heavy atom. The number of aryl methyl sites for hydroxylation is 1. The summed E-state index contributed by atoms with van der Waals surface area (Å²) in [6.07, 6.45) is 0.681. The number of carbonyl (C=O) groups is 1. The lowest BCUT2D eigenvalue weighted by atomic mass is 10.2. The Bertz CT molecular complexity index is 896. The van der Waals surface area contributed by atoms with Crippen LogP contribution in [0.1, 0.15) is 33.4 Å². The largest absolute Gasteiger partial charge is 0.493 e. The van der Waals surface area contributed by atoms with Crippen molar-refractivity contribution >= 4 is 17.4 Å². The molecule has 0 unspecified atom stereocenters. The molecule has 1 N–H and O–H groups in total. The molecule has 1 heterocycles. The molecule has 0 aliphatic heterocycles. The van der Waals surface area contributed by atoms with Crippen molar-refractivity contribution in [3.63, 3.8) is 0 Å². The third-order valence-electron chi connectivity index (χ3n) is 4.02. The van der Waals surface area contributed by atoms with Gasteiger partial charge in [0, 0.05) is 6.54 Å². The van der Waals surface area contributed by atoms with Crippen LogP contribution >= 0.6 is 11.5 Å². The SMILES string of the molecule is CCc1nnsc1C(=O)NCc1ccc(OCc2ccccc2)c(OC)c1. The van der Waals surface area contributed by atoms with Gasteiger partial charge in [0.1, 0.15) is 11.5 Å². The van der Waals surface area contributed by atoms with E-state index in [1.165, 1.54) is 0 Å². The van der Waals surface area contributed by atoms with E-state index in [2.05, 4.69) is 14.9 Å². The lowest BCUT2D eigenvalue weighted by Crippen LogP contribution is -2.23. The Morgan fingerprint density at radius 1 is 1.11 bits per heavy atom. The first-order chi connectivity index (χ1) is 13.2. The molecule has 2 aromatic carbocycles. The van der Waals surface area contributed by atoms with Gasteiger partial charge in [0.25, 0.3) is 5.91 Å². The van der Waals surface area contributed by atoms with Gasteiger partial charge in [-0.25, -0.2) is 0 Å². The van der Waals surface area contributed by atoms with E-state index in [1.807, 2.05) is 55.5 Å². The number of amides is 1. The third kappa shape index (κ3) is 4.83.